The zero-order valence-electron chi connectivity index (χ0n) is 19.6. The van der Waals surface area contributed by atoms with Crippen molar-refractivity contribution < 1.29 is 14.8 Å². The van der Waals surface area contributed by atoms with Crippen molar-refractivity contribution in [3.8, 4) is 12.3 Å². The third kappa shape index (κ3) is 5.32. The van der Waals surface area contributed by atoms with E-state index in [0.29, 0.717) is 36.6 Å². The molecule has 10 nitrogen and oxygen atoms in total. The van der Waals surface area contributed by atoms with Gasteiger partial charge in [0.05, 0.1) is 23.6 Å². The van der Waals surface area contributed by atoms with Crippen molar-refractivity contribution in [2.45, 2.75) is 25.8 Å². The number of carbonyl (C=O) groups excluding carboxylic acids is 2. The number of guanidine groups is 1. The summed E-state index contributed by atoms with van der Waals surface area (Å²) in [7, 11) is 3.11. The molecule has 2 aliphatic heterocycles. The van der Waals surface area contributed by atoms with Crippen LogP contribution >= 0.6 is 0 Å². The van der Waals surface area contributed by atoms with E-state index >= 15 is 0 Å². The van der Waals surface area contributed by atoms with Gasteiger partial charge in [-0.25, -0.2) is 0 Å². The van der Waals surface area contributed by atoms with E-state index in [9.17, 15) is 14.8 Å². The summed E-state index contributed by atoms with van der Waals surface area (Å²) in [5.74, 6) is -2.34. The van der Waals surface area contributed by atoms with Crippen molar-refractivity contribution in [3.63, 3.8) is 0 Å². The maximum absolute atomic E-state index is 13.6. The van der Waals surface area contributed by atoms with Crippen LogP contribution in [0, 0.1) is 41.5 Å². The van der Waals surface area contributed by atoms with E-state index in [2.05, 4.69) is 21.7 Å². The second-order valence-electron chi connectivity index (χ2n) is 8.70. The van der Waals surface area contributed by atoms with Crippen LogP contribution in [0.15, 0.2) is 29.3 Å². The quantitative estimate of drug-likeness (QED) is 0.197. The summed E-state index contributed by atoms with van der Waals surface area (Å²) in [6, 6.07) is 7.17. The lowest BCUT2D eigenvalue weighted by molar-refractivity contribution is -0.160. The van der Waals surface area contributed by atoms with Gasteiger partial charge in [0, 0.05) is 33.1 Å². The molecule has 178 valence electrons. The first-order valence-electron chi connectivity index (χ1n) is 11.1. The third-order valence-electron chi connectivity index (χ3n) is 6.29. The monoisotopic (exact) mass is 463 g/mol. The van der Waals surface area contributed by atoms with Gasteiger partial charge >= 0.3 is 0 Å². The number of piperidine rings is 1. The first kappa shape index (κ1) is 25.1. The number of nitrogens with one attached hydrogen (secondary N) is 2. The molecule has 0 aliphatic carbocycles. The molecule has 1 unspecified atom stereocenters. The van der Waals surface area contributed by atoms with Crippen LogP contribution in [0.1, 0.15) is 29.5 Å². The number of carbonyl (C=O) groups is 2. The van der Waals surface area contributed by atoms with E-state index in [0.717, 1.165) is 16.7 Å². The van der Waals surface area contributed by atoms with Crippen LogP contribution < -0.4 is 10.6 Å². The van der Waals surface area contributed by atoms with Gasteiger partial charge in [-0.2, -0.15) is 15.6 Å². The van der Waals surface area contributed by atoms with E-state index in [1.807, 2.05) is 25.1 Å². The summed E-state index contributed by atoms with van der Waals surface area (Å²) in [5.41, 5.74) is 3.58. The molecule has 1 fully saturated rings. The maximum atomic E-state index is 13.6. The van der Waals surface area contributed by atoms with Gasteiger partial charge in [0.2, 0.25) is 12.2 Å². The third-order valence-corrected chi connectivity index (χ3v) is 6.29. The normalized spacial score (nSPS) is 22.7. The SMILES string of the molecule is Cc1cc(C#N)ccc1C1=CCNC(C(=O)[C@H]2CCNC[C@@H]2C(=O)N(O)/C(=N/C#N)N(C)C)C1. The average Bonchev–Trinajstić information content (AvgIpc) is 2.85. The lowest BCUT2D eigenvalue weighted by Gasteiger charge is -2.35. The second kappa shape index (κ2) is 11.0. The van der Waals surface area contributed by atoms with Crippen LogP contribution in [0.5, 0.6) is 0 Å². The number of rotatable bonds is 4. The molecule has 3 rings (SSSR count). The van der Waals surface area contributed by atoms with Gasteiger partial charge in [-0.15, -0.1) is 4.99 Å². The lowest BCUT2D eigenvalue weighted by atomic mass is 9.78. The molecule has 0 bridgehead atoms. The number of hydrogen-bond donors (Lipinski definition) is 3. The molecule has 3 atom stereocenters. The number of Topliss-reactive ketones (excluding diaryl/α,β-unsaturated/α-hetero) is 1. The largest absolute Gasteiger partial charge is 0.346 e. The first-order chi connectivity index (χ1) is 16.3. The Morgan fingerprint density at radius 2 is 2.00 bits per heavy atom. The highest BCUT2D eigenvalue weighted by Gasteiger charge is 2.42. The molecule has 1 aromatic carbocycles. The van der Waals surface area contributed by atoms with Crippen molar-refractivity contribution in [1.82, 2.24) is 20.6 Å². The van der Waals surface area contributed by atoms with Gasteiger partial charge in [0.25, 0.3) is 5.91 Å². The topological polar surface area (TPSA) is 145 Å². The molecular weight excluding hydrogens is 434 g/mol. The first-order valence-corrected chi connectivity index (χ1v) is 11.1. The summed E-state index contributed by atoms with van der Waals surface area (Å²) >= 11 is 0. The summed E-state index contributed by atoms with van der Waals surface area (Å²) in [5, 5.41) is 35.2. The Morgan fingerprint density at radius 1 is 1.24 bits per heavy atom. The average molecular weight is 464 g/mol. The fraction of sp³-hybridized carbons (Fsp3) is 0.458. The molecule has 34 heavy (non-hydrogen) atoms. The molecule has 2 aliphatic rings. The number of aliphatic imine (C=N–C) groups is 1. The number of aryl methyl sites for hydroxylation is 1. The van der Waals surface area contributed by atoms with E-state index in [1.165, 1.54) is 4.90 Å². The number of nitrogens with zero attached hydrogens (tertiary/aromatic N) is 5. The minimum absolute atomic E-state index is 0.0752. The standard InChI is InChI=1S/C24H29N7O3/c1-15-10-16(12-25)4-5-18(15)17-6-9-28-21(11-17)22(32)19-7-8-27-13-20(19)23(33)31(34)24(29-14-26)30(2)3/h4-6,10,19-21,27-28,34H,7-9,11,13H2,1-3H3/b29-24+/t19-,20-,21?/m0/s1. The van der Waals surface area contributed by atoms with Gasteiger partial charge < -0.3 is 15.5 Å². The minimum atomic E-state index is -0.789. The highest BCUT2D eigenvalue weighted by atomic mass is 16.5. The summed E-state index contributed by atoms with van der Waals surface area (Å²) in [6.45, 7) is 3.28. The maximum Gasteiger partial charge on any atom is 0.258 e. The zero-order valence-corrected chi connectivity index (χ0v) is 19.6. The van der Waals surface area contributed by atoms with Gasteiger partial charge in [-0.3, -0.25) is 14.8 Å². The Hall–Kier alpha value is -3.57. The molecule has 0 radical (unpaired) electrons. The lowest BCUT2D eigenvalue weighted by Crippen LogP contribution is -2.54. The second-order valence-corrected chi connectivity index (χ2v) is 8.70. The van der Waals surface area contributed by atoms with E-state index in [4.69, 9.17) is 10.5 Å². The van der Waals surface area contributed by atoms with Crippen LogP contribution in [-0.4, -0.2) is 72.6 Å². The molecule has 10 heteroatoms. The van der Waals surface area contributed by atoms with Crippen LogP contribution in [0.25, 0.3) is 5.57 Å². The van der Waals surface area contributed by atoms with Crippen molar-refractivity contribution in [1.29, 1.82) is 10.5 Å². The van der Waals surface area contributed by atoms with Crippen molar-refractivity contribution in [2.24, 2.45) is 16.8 Å². The number of ketones is 1. The minimum Gasteiger partial charge on any atom is -0.346 e. The fourth-order valence-electron chi connectivity index (χ4n) is 4.57. The van der Waals surface area contributed by atoms with Crippen LogP contribution in [0.4, 0.5) is 0 Å². The van der Waals surface area contributed by atoms with Gasteiger partial charge in [-0.05, 0) is 55.1 Å². The Bertz CT molecular complexity index is 1100. The molecule has 3 N–H and O–H groups in total. The summed E-state index contributed by atoms with van der Waals surface area (Å²) in [6.07, 6.45) is 4.56. The summed E-state index contributed by atoms with van der Waals surface area (Å²) in [4.78, 5) is 31.6. The van der Waals surface area contributed by atoms with E-state index < -0.39 is 23.8 Å². The van der Waals surface area contributed by atoms with Crippen LogP contribution in [0.2, 0.25) is 0 Å². The van der Waals surface area contributed by atoms with Crippen molar-refractivity contribution in [2.75, 3.05) is 33.7 Å². The molecule has 1 saturated heterocycles. The predicted octanol–water partition coefficient (Wildman–Crippen LogP) is 1.02. The number of nitriles is 2. The number of benzene rings is 1. The Labute approximate surface area is 199 Å². The van der Waals surface area contributed by atoms with E-state index in [-0.39, 0.29) is 18.3 Å². The fourth-order valence-corrected chi connectivity index (χ4v) is 4.57. The highest BCUT2D eigenvalue weighted by molar-refractivity contribution is 6.00. The smallest absolute Gasteiger partial charge is 0.258 e. The Morgan fingerprint density at radius 3 is 2.65 bits per heavy atom. The van der Waals surface area contributed by atoms with Crippen molar-refractivity contribution >= 4 is 23.2 Å². The zero-order chi connectivity index (χ0) is 24.8. The molecule has 0 aromatic heterocycles. The molecule has 0 saturated carbocycles. The number of hydroxylamine groups is 2. The molecule has 1 amide bonds. The van der Waals surface area contributed by atoms with Crippen molar-refractivity contribution in [3.05, 3.63) is 41.0 Å². The van der Waals surface area contributed by atoms with Crippen LogP contribution in [0.3, 0.4) is 0 Å². The molecule has 1 aromatic rings. The number of amides is 1. The molecule has 2 heterocycles. The molecule has 0 spiro atoms. The number of hydrogen-bond acceptors (Lipinski definition) is 8. The van der Waals surface area contributed by atoms with Crippen LogP contribution in [-0.2, 0) is 9.59 Å². The van der Waals surface area contributed by atoms with E-state index in [1.54, 1.807) is 26.4 Å². The Balaban J connectivity index is 1.79. The summed E-state index contributed by atoms with van der Waals surface area (Å²) < 4.78 is 0. The van der Waals surface area contributed by atoms with Gasteiger partial charge in [0.1, 0.15) is 0 Å². The van der Waals surface area contributed by atoms with Gasteiger partial charge in [0.15, 0.2) is 5.78 Å². The van der Waals surface area contributed by atoms with Gasteiger partial charge in [-0.1, -0.05) is 12.1 Å². The molecular formula is C24H29N7O3. The predicted molar refractivity (Wildman–Crippen MR) is 125 cm³/mol. The highest BCUT2D eigenvalue weighted by Crippen LogP contribution is 2.30. The Kier molecular flexibility index (Phi) is 8.13.